The van der Waals surface area contributed by atoms with Gasteiger partial charge in [0.15, 0.2) is 0 Å². The number of benzene rings is 2. The van der Waals surface area contributed by atoms with Crippen molar-refractivity contribution in [1.29, 1.82) is 0 Å². The maximum atomic E-state index is 13.5. The summed E-state index contributed by atoms with van der Waals surface area (Å²) in [5.74, 6) is -0.227. The number of anilines is 1. The van der Waals surface area contributed by atoms with Crippen LogP contribution in [0.2, 0.25) is 0 Å². The Labute approximate surface area is 118 Å². The van der Waals surface area contributed by atoms with Gasteiger partial charge in [0, 0.05) is 15.5 Å². The van der Waals surface area contributed by atoms with Gasteiger partial charge in [-0.3, -0.25) is 0 Å². The smallest absolute Gasteiger partial charge is 0.137 e. The number of hydrogen-bond donors (Lipinski definition) is 1. The number of rotatable bonds is 2. The molecule has 0 aliphatic carbocycles. The van der Waals surface area contributed by atoms with E-state index in [1.165, 1.54) is 23.4 Å². The summed E-state index contributed by atoms with van der Waals surface area (Å²) in [4.78, 5) is 1.82. The van der Waals surface area contributed by atoms with Gasteiger partial charge in [0.2, 0.25) is 0 Å². The number of aryl methyl sites for hydroxylation is 1. The number of nitrogens with two attached hydrogens (primary N) is 1. The molecule has 88 valence electrons. The van der Waals surface area contributed by atoms with Crippen molar-refractivity contribution < 1.29 is 4.39 Å². The summed E-state index contributed by atoms with van der Waals surface area (Å²) in [5, 5.41) is 0. The summed E-state index contributed by atoms with van der Waals surface area (Å²) < 4.78 is 14.0. The Morgan fingerprint density at radius 2 is 2.00 bits per heavy atom. The largest absolute Gasteiger partial charge is 0.398 e. The van der Waals surface area contributed by atoms with Crippen LogP contribution >= 0.6 is 34.4 Å². The average Bonchev–Trinajstić information content (AvgIpc) is 2.26. The third-order valence-corrected chi connectivity index (χ3v) is 4.16. The van der Waals surface area contributed by atoms with E-state index in [4.69, 9.17) is 5.73 Å². The molecule has 0 saturated heterocycles. The van der Waals surface area contributed by atoms with Crippen LogP contribution in [0, 0.1) is 16.3 Å². The Morgan fingerprint density at radius 3 is 2.71 bits per heavy atom. The Balaban J connectivity index is 2.33. The third-order valence-electron chi connectivity index (χ3n) is 2.27. The fourth-order valence-corrected chi connectivity index (χ4v) is 2.91. The molecule has 2 N–H and O–H groups in total. The van der Waals surface area contributed by atoms with Crippen molar-refractivity contribution in [2.45, 2.75) is 16.7 Å². The highest BCUT2D eigenvalue weighted by Crippen LogP contribution is 2.34. The van der Waals surface area contributed by atoms with Crippen LogP contribution in [0.1, 0.15) is 5.56 Å². The molecule has 0 bridgehead atoms. The lowest BCUT2D eigenvalue weighted by Crippen LogP contribution is -1.92. The van der Waals surface area contributed by atoms with Gasteiger partial charge < -0.3 is 5.73 Å². The van der Waals surface area contributed by atoms with E-state index >= 15 is 0 Å². The van der Waals surface area contributed by atoms with Gasteiger partial charge in [-0.25, -0.2) is 4.39 Å². The van der Waals surface area contributed by atoms with Crippen molar-refractivity contribution in [3.63, 3.8) is 0 Å². The minimum Gasteiger partial charge on any atom is -0.398 e. The second kappa shape index (κ2) is 5.27. The maximum Gasteiger partial charge on any atom is 0.137 e. The standard InChI is InChI=1S/C13H11FINS/c1-8-3-2-4-9(5-8)17-13-6-10(14)11(15)7-12(13)16/h2-7H,16H2,1H3. The first-order valence-corrected chi connectivity index (χ1v) is 6.95. The van der Waals surface area contributed by atoms with E-state index in [2.05, 4.69) is 6.07 Å². The van der Waals surface area contributed by atoms with Crippen LogP contribution in [0.5, 0.6) is 0 Å². The van der Waals surface area contributed by atoms with E-state index in [1.807, 2.05) is 47.7 Å². The highest BCUT2D eigenvalue weighted by molar-refractivity contribution is 14.1. The van der Waals surface area contributed by atoms with Crippen LogP contribution < -0.4 is 5.73 Å². The average molecular weight is 359 g/mol. The molecule has 0 unspecified atom stereocenters. The summed E-state index contributed by atoms with van der Waals surface area (Å²) in [5.41, 5.74) is 7.68. The molecule has 2 rings (SSSR count). The molecule has 0 saturated carbocycles. The van der Waals surface area contributed by atoms with Gasteiger partial charge in [-0.05, 0) is 53.8 Å². The van der Waals surface area contributed by atoms with Crippen molar-refractivity contribution in [1.82, 2.24) is 0 Å². The molecule has 4 heteroatoms. The molecule has 0 aliphatic rings. The predicted octanol–water partition coefficient (Wildman–Crippen LogP) is 4.47. The fourth-order valence-electron chi connectivity index (χ4n) is 1.44. The minimum atomic E-state index is -0.227. The molecule has 17 heavy (non-hydrogen) atoms. The summed E-state index contributed by atoms with van der Waals surface area (Å²) in [6.07, 6.45) is 0. The summed E-state index contributed by atoms with van der Waals surface area (Å²) in [6, 6.07) is 11.2. The first kappa shape index (κ1) is 12.7. The quantitative estimate of drug-likeness (QED) is 0.632. The molecule has 1 nitrogen and oxygen atoms in total. The highest BCUT2D eigenvalue weighted by atomic mass is 127. The number of hydrogen-bond acceptors (Lipinski definition) is 2. The molecule has 0 spiro atoms. The normalized spacial score (nSPS) is 10.5. The van der Waals surface area contributed by atoms with E-state index < -0.39 is 0 Å². The van der Waals surface area contributed by atoms with Gasteiger partial charge in [0.05, 0.1) is 3.57 Å². The number of halogens is 2. The van der Waals surface area contributed by atoms with Gasteiger partial charge in [-0.15, -0.1) is 0 Å². The predicted molar refractivity (Wildman–Crippen MR) is 78.8 cm³/mol. The topological polar surface area (TPSA) is 26.0 Å². The highest BCUT2D eigenvalue weighted by Gasteiger charge is 2.07. The Hall–Kier alpha value is -0.750. The molecule has 0 aromatic heterocycles. The van der Waals surface area contributed by atoms with E-state index in [1.54, 1.807) is 6.07 Å². The molecule has 0 radical (unpaired) electrons. The van der Waals surface area contributed by atoms with Crippen molar-refractivity contribution >= 4 is 40.0 Å². The van der Waals surface area contributed by atoms with Crippen molar-refractivity contribution in [3.05, 3.63) is 51.3 Å². The molecule has 0 atom stereocenters. The van der Waals surface area contributed by atoms with Crippen molar-refractivity contribution in [2.75, 3.05) is 5.73 Å². The lowest BCUT2D eigenvalue weighted by molar-refractivity contribution is 0.617. The molecule has 2 aromatic carbocycles. The summed E-state index contributed by atoms with van der Waals surface area (Å²) in [7, 11) is 0. The van der Waals surface area contributed by atoms with E-state index in [0.29, 0.717) is 9.26 Å². The summed E-state index contributed by atoms with van der Waals surface area (Å²) >= 11 is 3.42. The molecule has 0 heterocycles. The molecule has 2 aromatic rings. The van der Waals surface area contributed by atoms with Crippen LogP contribution in [0.15, 0.2) is 46.2 Å². The molecule has 0 fully saturated rings. The fraction of sp³-hybridized carbons (Fsp3) is 0.0769. The van der Waals surface area contributed by atoms with Crippen molar-refractivity contribution in [3.8, 4) is 0 Å². The van der Waals surface area contributed by atoms with Gasteiger partial charge in [0.25, 0.3) is 0 Å². The Kier molecular flexibility index (Phi) is 3.93. The lowest BCUT2D eigenvalue weighted by atomic mass is 10.2. The molecular weight excluding hydrogens is 348 g/mol. The van der Waals surface area contributed by atoms with Crippen LogP contribution in [-0.2, 0) is 0 Å². The second-order valence-electron chi connectivity index (χ2n) is 3.72. The third kappa shape index (κ3) is 3.13. The van der Waals surface area contributed by atoms with E-state index in [0.717, 1.165) is 9.79 Å². The zero-order valence-corrected chi connectivity index (χ0v) is 12.2. The van der Waals surface area contributed by atoms with Crippen LogP contribution in [0.3, 0.4) is 0 Å². The zero-order valence-electron chi connectivity index (χ0n) is 9.21. The molecular formula is C13H11FINS. The van der Waals surface area contributed by atoms with Crippen LogP contribution in [-0.4, -0.2) is 0 Å². The van der Waals surface area contributed by atoms with E-state index in [9.17, 15) is 4.39 Å². The SMILES string of the molecule is Cc1cccc(Sc2cc(F)c(I)cc2N)c1. The van der Waals surface area contributed by atoms with Gasteiger partial charge in [-0.2, -0.15) is 0 Å². The van der Waals surface area contributed by atoms with Crippen molar-refractivity contribution in [2.24, 2.45) is 0 Å². The lowest BCUT2D eigenvalue weighted by Gasteiger charge is -2.07. The first-order chi connectivity index (χ1) is 8.06. The second-order valence-corrected chi connectivity index (χ2v) is 6.00. The van der Waals surface area contributed by atoms with E-state index in [-0.39, 0.29) is 5.82 Å². The first-order valence-electron chi connectivity index (χ1n) is 5.05. The zero-order chi connectivity index (χ0) is 12.4. The Morgan fingerprint density at radius 1 is 1.24 bits per heavy atom. The maximum absolute atomic E-state index is 13.5. The van der Waals surface area contributed by atoms with Gasteiger partial charge in [0.1, 0.15) is 5.82 Å². The number of nitrogen functional groups attached to an aromatic ring is 1. The van der Waals surface area contributed by atoms with Crippen LogP contribution in [0.4, 0.5) is 10.1 Å². The van der Waals surface area contributed by atoms with Gasteiger partial charge in [-0.1, -0.05) is 29.5 Å². The Bertz CT molecular complexity index is 557. The molecule has 0 amide bonds. The monoisotopic (exact) mass is 359 g/mol. The minimum absolute atomic E-state index is 0.227. The van der Waals surface area contributed by atoms with Gasteiger partial charge >= 0.3 is 0 Å². The molecule has 0 aliphatic heterocycles. The summed E-state index contributed by atoms with van der Waals surface area (Å²) in [6.45, 7) is 2.03. The van der Waals surface area contributed by atoms with Crippen LogP contribution in [0.25, 0.3) is 0 Å².